The average molecular weight is 336 g/mol. The second kappa shape index (κ2) is 6.47. The summed E-state index contributed by atoms with van der Waals surface area (Å²) < 4.78 is 0. The molecule has 2 aliphatic heterocycles. The summed E-state index contributed by atoms with van der Waals surface area (Å²) in [6, 6.07) is 7.99. The summed E-state index contributed by atoms with van der Waals surface area (Å²) in [7, 11) is 0. The Bertz CT molecular complexity index is 753. The molecule has 0 N–H and O–H groups in total. The minimum absolute atomic E-state index is 0.209. The number of piperidine rings is 1. The first-order valence-corrected chi connectivity index (χ1v) is 9.05. The molecule has 0 unspecified atom stereocenters. The van der Waals surface area contributed by atoms with Gasteiger partial charge in [-0.3, -0.25) is 9.78 Å². The zero-order valence-corrected chi connectivity index (χ0v) is 14.8. The van der Waals surface area contributed by atoms with E-state index in [9.17, 15) is 4.79 Å². The van der Waals surface area contributed by atoms with Crippen LogP contribution in [0, 0.1) is 11.8 Å². The molecule has 0 spiro atoms. The monoisotopic (exact) mass is 336 g/mol. The SMILES string of the molecule is C[C@@H]1C[C@H](C)CN(C(=O)[C@@H]2Cc3ccccc3N2c2cnccn2)C1. The third kappa shape index (κ3) is 2.99. The molecule has 2 aromatic rings. The quantitative estimate of drug-likeness (QED) is 0.846. The molecule has 1 saturated heterocycles. The van der Waals surface area contributed by atoms with Gasteiger partial charge in [0.1, 0.15) is 6.04 Å². The Morgan fingerprint density at radius 1 is 1.12 bits per heavy atom. The van der Waals surface area contributed by atoms with Crippen molar-refractivity contribution in [3.05, 3.63) is 48.4 Å². The van der Waals surface area contributed by atoms with E-state index in [4.69, 9.17) is 0 Å². The predicted octanol–water partition coefficient (Wildman–Crippen LogP) is 3.04. The minimum Gasteiger partial charge on any atom is -0.340 e. The number of para-hydroxylation sites is 1. The summed E-state index contributed by atoms with van der Waals surface area (Å²) in [4.78, 5) is 26.2. The highest BCUT2D eigenvalue weighted by Gasteiger charge is 2.39. The van der Waals surface area contributed by atoms with Crippen LogP contribution in [0.15, 0.2) is 42.9 Å². The van der Waals surface area contributed by atoms with Gasteiger partial charge in [-0.05, 0) is 29.9 Å². The first-order chi connectivity index (χ1) is 12.1. The van der Waals surface area contributed by atoms with Crippen molar-refractivity contribution in [1.82, 2.24) is 14.9 Å². The number of hydrogen-bond donors (Lipinski definition) is 0. The molecular weight excluding hydrogens is 312 g/mol. The Labute approximate surface area is 148 Å². The highest BCUT2D eigenvalue weighted by molar-refractivity contribution is 5.91. The lowest BCUT2D eigenvalue weighted by Gasteiger charge is -2.38. The van der Waals surface area contributed by atoms with Crippen molar-refractivity contribution in [3.63, 3.8) is 0 Å². The van der Waals surface area contributed by atoms with Gasteiger partial charge in [-0.1, -0.05) is 32.0 Å². The summed E-state index contributed by atoms with van der Waals surface area (Å²) in [6.07, 6.45) is 7.01. The van der Waals surface area contributed by atoms with Crippen molar-refractivity contribution < 1.29 is 4.79 Å². The number of fused-ring (bicyclic) bond motifs is 1. The van der Waals surface area contributed by atoms with Crippen molar-refractivity contribution in [2.75, 3.05) is 18.0 Å². The Morgan fingerprint density at radius 2 is 1.88 bits per heavy atom. The van der Waals surface area contributed by atoms with Crippen molar-refractivity contribution in [3.8, 4) is 0 Å². The van der Waals surface area contributed by atoms with E-state index >= 15 is 0 Å². The minimum atomic E-state index is -0.230. The van der Waals surface area contributed by atoms with Crippen LogP contribution in [-0.2, 0) is 11.2 Å². The molecule has 0 saturated carbocycles. The van der Waals surface area contributed by atoms with Crippen molar-refractivity contribution >= 4 is 17.4 Å². The molecule has 5 heteroatoms. The van der Waals surface area contributed by atoms with Crippen LogP contribution in [0.5, 0.6) is 0 Å². The van der Waals surface area contributed by atoms with Crippen LogP contribution >= 0.6 is 0 Å². The first-order valence-electron chi connectivity index (χ1n) is 9.05. The summed E-state index contributed by atoms with van der Waals surface area (Å²) in [5.74, 6) is 2.06. The Kier molecular flexibility index (Phi) is 4.15. The van der Waals surface area contributed by atoms with Crippen LogP contribution in [0.1, 0.15) is 25.8 Å². The molecule has 1 fully saturated rings. The maximum Gasteiger partial charge on any atom is 0.246 e. The molecule has 25 heavy (non-hydrogen) atoms. The average Bonchev–Trinajstić information content (AvgIpc) is 3.00. The van der Waals surface area contributed by atoms with Gasteiger partial charge >= 0.3 is 0 Å². The van der Waals surface area contributed by atoms with E-state index in [-0.39, 0.29) is 11.9 Å². The van der Waals surface area contributed by atoms with Gasteiger partial charge in [0, 0.05) is 37.6 Å². The van der Waals surface area contributed by atoms with Crippen LogP contribution in [0.3, 0.4) is 0 Å². The number of amides is 1. The molecule has 130 valence electrons. The van der Waals surface area contributed by atoms with Gasteiger partial charge in [-0.25, -0.2) is 4.98 Å². The van der Waals surface area contributed by atoms with Crippen molar-refractivity contribution in [1.29, 1.82) is 0 Å². The lowest BCUT2D eigenvalue weighted by Crippen LogP contribution is -2.50. The number of likely N-dealkylation sites (tertiary alicyclic amines) is 1. The number of rotatable bonds is 2. The third-order valence-corrected chi connectivity index (χ3v) is 5.24. The fraction of sp³-hybridized carbons (Fsp3) is 0.450. The largest absolute Gasteiger partial charge is 0.340 e. The van der Waals surface area contributed by atoms with E-state index in [0.29, 0.717) is 11.8 Å². The Morgan fingerprint density at radius 3 is 2.60 bits per heavy atom. The molecule has 3 atom stereocenters. The van der Waals surface area contributed by atoms with Crippen LogP contribution in [-0.4, -0.2) is 39.9 Å². The summed E-state index contributed by atoms with van der Waals surface area (Å²) in [5.41, 5.74) is 2.27. The second-order valence-corrected chi connectivity index (χ2v) is 7.47. The molecule has 1 amide bonds. The van der Waals surface area contributed by atoms with E-state index in [1.165, 1.54) is 12.0 Å². The molecule has 0 aliphatic carbocycles. The maximum atomic E-state index is 13.4. The van der Waals surface area contributed by atoms with Gasteiger partial charge in [0.05, 0.1) is 6.20 Å². The van der Waals surface area contributed by atoms with Crippen LogP contribution in [0.4, 0.5) is 11.5 Å². The van der Waals surface area contributed by atoms with Crippen LogP contribution in [0.25, 0.3) is 0 Å². The van der Waals surface area contributed by atoms with Crippen molar-refractivity contribution in [2.45, 2.75) is 32.7 Å². The highest BCUT2D eigenvalue weighted by Crippen LogP contribution is 2.38. The van der Waals surface area contributed by atoms with E-state index in [0.717, 1.165) is 31.0 Å². The third-order valence-electron chi connectivity index (χ3n) is 5.24. The summed E-state index contributed by atoms with van der Waals surface area (Å²) in [5, 5.41) is 0. The number of aromatic nitrogens is 2. The maximum absolute atomic E-state index is 13.4. The number of anilines is 2. The Balaban J connectivity index is 1.67. The topological polar surface area (TPSA) is 49.3 Å². The van der Waals surface area contributed by atoms with E-state index in [1.807, 2.05) is 12.1 Å². The van der Waals surface area contributed by atoms with E-state index in [2.05, 4.69) is 45.7 Å². The highest BCUT2D eigenvalue weighted by atomic mass is 16.2. The van der Waals surface area contributed by atoms with Crippen LogP contribution < -0.4 is 4.90 Å². The summed E-state index contributed by atoms with van der Waals surface area (Å²) >= 11 is 0. The molecule has 3 heterocycles. The standard InChI is InChI=1S/C20H24N4O/c1-14-9-15(2)13-23(12-14)20(25)18-10-16-5-3-4-6-17(16)24(18)19-11-21-7-8-22-19/h3-8,11,14-15,18H,9-10,12-13H2,1-2H3/t14-,15+,18-/m0/s1. The zero-order chi connectivity index (χ0) is 17.4. The molecule has 0 radical (unpaired) electrons. The molecule has 0 bridgehead atoms. The van der Waals surface area contributed by atoms with Gasteiger partial charge in [-0.2, -0.15) is 0 Å². The van der Waals surface area contributed by atoms with Crippen LogP contribution in [0.2, 0.25) is 0 Å². The zero-order valence-electron chi connectivity index (χ0n) is 14.8. The lowest BCUT2D eigenvalue weighted by molar-refractivity contribution is -0.135. The molecule has 2 aliphatic rings. The number of hydrogen-bond acceptors (Lipinski definition) is 4. The lowest BCUT2D eigenvalue weighted by atomic mass is 9.91. The Hall–Kier alpha value is -2.43. The molecule has 5 nitrogen and oxygen atoms in total. The number of benzene rings is 1. The van der Waals surface area contributed by atoms with Crippen molar-refractivity contribution in [2.24, 2.45) is 11.8 Å². The fourth-order valence-electron chi connectivity index (χ4n) is 4.34. The van der Waals surface area contributed by atoms with Gasteiger partial charge < -0.3 is 9.80 Å². The molecule has 1 aromatic carbocycles. The van der Waals surface area contributed by atoms with E-state index < -0.39 is 0 Å². The van der Waals surface area contributed by atoms with Gasteiger partial charge in [0.2, 0.25) is 5.91 Å². The van der Waals surface area contributed by atoms with Gasteiger partial charge in [0.25, 0.3) is 0 Å². The predicted molar refractivity (Wildman–Crippen MR) is 97.6 cm³/mol. The molecule has 1 aromatic heterocycles. The molecular formula is C20H24N4O. The molecule has 4 rings (SSSR count). The fourth-order valence-corrected chi connectivity index (χ4v) is 4.34. The second-order valence-electron chi connectivity index (χ2n) is 7.47. The summed E-state index contributed by atoms with van der Waals surface area (Å²) in [6.45, 7) is 6.17. The first kappa shape index (κ1) is 16.1. The number of carbonyl (C=O) groups is 1. The van der Waals surface area contributed by atoms with E-state index in [1.54, 1.807) is 18.6 Å². The number of nitrogens with zero attached hydrogens (tertiary/aromatic N) is 4. The van der Waals surface area contributed by atoms with Gasteiger partial charge in [0.15, 0.2) is 5.82 Å². The number of carbonyl (C=O) groups excluding carboxylic acids is 1. The van der Waals surface area contributed by atoms with Gasteiger partial charge in [-0.15, -0.1) is 0 Å². The normalized spacial score (nSPS) is 25.8. The smallest absolute Gasteiger partial charge is 0.246 e.